The molecule has 0 radical (unpaired) electrons. The average Bonchev–Trinajstić information content (AvgIpc) is 2.55. The van der Waals surface area contributed by atoms with E-state index in [1.165, 1.54) is 4.31 Å². The Balaban J connectivity index is 0.00000288. The van der Waals surface area contributed by atoms with E-state index in [1.807, 2.05) is 43.3 Å². The first-order valence-corrected chi connectivity index (χ1v) is 8.66. The Morgan fingerprint density at radius 1 is 1.08 bits per heavy atom. The van der Waals surface area contributed by atoms with E-state index >= 15 is 0 Å². The molecule has 0 aliphatic heterocycles. The van der Waals surface area contributed by atoms with Crippen molar-refractivity contribution in [2.24, 2.45) is 0 Å². The molecule has 0 aliphatic carbocycles. The molecule has 0 aliphatic rings. The second-order valence-corrected chi connectivity index (χ2v) is 7.04. The molecule has 0 amide bonds. The summed E-state index contributed by atoms with van der Waals surface area (Å²) in [6.45, 7) is 2.02. The number of nitrogens with zero attached hydrogens (tertiary/aromatic N) is 1. The largest absolute Gasteiger partial charge is 0.692 e. The van der Waals surface area contributed by atoms with Gasteiger partial charge in [0.2, 0.25) is 10.0 Å². The van der Waals surface area contributed by atoms with Crippen molar-refractivity contribution < 1.29 is 29.5 Å². The van der Waals surface area contributed by atoms with E-state index in [0.29, 0.717) is 0 Å². The van der Waals surface area contributed by atoms with E-state index in [1.54, 1.807) is 30.3 Å². The van der Waals surface area contributed by atoms with Crippen molar-refractivity contribution in [1.29, 1.82) is 0 Å². The SMILES string of the molecule is [C-]#CCN(C/C=C/c1ccccc1)S(=O)(=O)c1ccc(C)cc1.[Pt]. The fraction of sp³-hybridized carbons (Fsp3) is 0.158. The third-order valence-corrected chi connectivity index (χ3v) is 5.16. The molecule has 2 rings (SSSR count). The standard InChI is InChI=1S/C19H18NO2S.Pt/c1-3-15-20(16-7-10-18-8-5-4-6-9-18)23(21,22)19-13-11-17(2)12-14-19;/h4-14H,15-16H2,2H3;/q-1;/b10-7+;. The summed E-state index contributed by atoms with van der Waals surface area (Å²) in [7, 11) is -3.63. The van der Waals surface area contributed by atoms with Crippen molar-refractivity contribution in [3.63, 3.8) is 0 Å². The van der Waals surface area contributed by atoms with Gasteiger partial charge in [0.1, 0.15) is 0 Å². The minimum absolute atomic E-state index is 0. The molecule has 0 bridgehead atoms. The number of hydrogen-bond donors (Lipinski definition) is 0. The van der Waals surface area contributed by atoms with Crippen LogP contribution in [0.2, 0.25) is 0 Å². The number of aryl methyl sites for hydroxylation is 1. The molecule has 0 spiro atoms. The monoisotopic (exact) mass is 519 g/mol. The molecule has 128 valence electrons. The molecule has 0 N–H and O–H groups in total. The van der Waals surface area contributed by atoms with Crippen molar-refractivity contribution >= 4 is 16.1 Å². The minimum Gasteiger partial charge on any atom is -0.692 e. The first-order chi connectivity index (χ1) is 11.0. The molecular weight excluding hydrogens is 501 g/mol. The molecule has 2 aromatic rings. The molecule has 0 atom stereocenters. The molecule has 2 aromatic carbocycles. The molecule has 0 saturated heterocycles. The predicted octanol–water partition coefficient (Wildman–Crippen LogP) is 3.29. The van der Waals surface area contributed by atoms with Gasteiger partial charge in [-0.2, -0.15) is 4.31 Å². The van der Waals surface area contributed by atoms with Crippen LogP contribution in [0, 0.1) is 19.3 Å². The van der Waals surface area contributed by atoms with Crippen LogP contribution in [-0.4, -0.2) is 25.8 Å². The number of benzene rings is 2. The molecule has 0 saturated carbocycles. The second-order valence-electron chi connectivity index (χ2n) is 5.10. The molecule has 0 aromatic heterocycles. The van der Waals surface area contributed by atoms with Crippen LogP contribution in [0.15, 0.2) is 65.6 Å². The Bertz CT molecular complexity index is 807. The van der Waals surface area contributed by atoms with Gasteiger partial charge in [0.15, 0.2) is 0 Å². The Labute approximate surface area is 158 Å². The quantitative estimate of drug-likeness (QED) is 0.434. The molecular formula is C19H18NO2PtS-. The fourth-order valence-electron chi connectivity index (χ4n) is 2.07. The van der Waals surface area contributed by atoms with Crippen LogP contribution in [-0.2, 0) is 31.1 Å². The summed E-state index contributed by atoms with van der Waals surface area (Å²) >= 11 is 0. The molecule has 5 heteroatoms. The van der Waals surface area contributed by atoms with Crippen molar-refractivity contribution in [1.82, 2.24) is 4.31 Å². The van der Waals surface area contributed by atoms with E-state index in [-0.39, 0.29) is 39.1 Å². The molecule has 24 heavy (non-hydrogen) atoms. The molecule has 3 nitrogen and oxygen atoms in total. The van der Waals surface area contributed by atoms with Crippen molar-refractivity contribution in [2.45, 2.75) is 11.8 Å². The first kappa shape index (κ1) is 20.4. The Morgan fingerprint density at radius 2 is 1.71 bits per heavy atom. The molecule has 0 heterocycles. The summed E-state index contributed by atoms with van der Waals surface area (Å²) in [5.41, 5.74) is 2.00. The van der Waals surface area contributed by atoms with E-state index in [0.717, 1.165) is 11.1 Å². The van der Waals surface area contributed by atoms with Gasteiger partial charge in [0.05, 0.1) is 4.90 Å². The maximum absolute atomic E-state index is 12.6. The minimum atomic E-state index is -3.63. The van der Waals surface area contributed by atoms with Crippen molar-refractivity contribution in [3.8, 4) is 5.92 Å². The zero-order valence-electron chi connectivity index (χ0n) is 13.3. The third-order valence-electron chi connectivity index (χ3n) is 3.33. The predicted molar refractivity (Wildman–Crippen MR) is 92.5 cm³/mol. The molecule has 0 fully saturated rings. The van der Waals surface area contributed by atoms with Crippen LogP contribution in [0.3, 0.4) is 0 Å². The van der Waals surface area contributed by atoms with Crippen LogP contribution in [0.1, 0.15) is 11.1 Å². The summed E-state index contributed by atoms with van der Waals surface area (Å²) in [6, 6.07) is 16.4. The van der Waals surface area contributed by atoms with Crippen LogP contribution in [0.25, 0.3) is 6.08 Å². The summed E-state index contributed by atoms with van der Waals surface area (Å²) < 4.78 is 26.5. The average molecular weight is 520 g/mol. The van der Waals surface area contributed by atoms with Gasteiger partial charge in [-0.3, -0.25) is 0 Å². The maximum atomic E-state index is 12.6. The van der Waals surface area contributed by atoms with Gasteiger partial charge in [-0.25, -0.2) is 8.42 Å². The normalized spacial score (nSPS) is 11.2. The number of hydrogen-bond acceptors (Lipinski definition) is 2. The van der Waals surface area contributed by atoms with Gasteiger partial charge in [0.25, 0.3) is 0 Å². The Kier molecular flexibility index (Phi) is 8.14. The van der Waals surface area contributed by atoms with Crippen LogP contribution in [0.5, 0.6) is 0 Å². The van der Waals surface area contributed by atoms with Gasteiger partial charge in [0, 0.05) is 34.2 Å². The number of rotatable bonds is 6. The zero-order chi connectivity index (χ0) is 16.7. The summed E-state index contributed by atoms with van der Waals surface area (Å²) in [4.78, 5) is 0.228. The van der Waals surface area contributed by atoms with Gasteiger partial charge in [-0.1, -0.05) is 60.2 Å². The first-order valence-electron chi connectivity index (χ1n) is 7.22. The van der Waals surface area contributed by atoms with Gasteiger partial charge < -0.3 is 12.3 Å². The van der Waals surface area contributed by atoms with Crippen LogP contribution >= 0.6 is 0 Å². The van der Waals surface area contributed by atoms with E-state index in [9.17, 15) is 8.42 Å². The smallest absolute Gasteiger partial charge is 0.244 e. The Morgan fingerprint density at radius 3 is 2.29 bits per heavy atom. The fourth-order valence-corrected chi connectivity index (χ4v) is 3.36. The van der Waals surface area contributed by atoms with Gasteiger partial charge in [-0.05, 0) is 24.6 Å². The van der Waals surface area contributed by atoms with Crippen molar-refractivity contribution in [3.05, 3.63) is 78.2 Å². The second kappa shape index (κ2) is 9.59. The summed E-state index contributed by atoms with van der Waals surface area (Å²) in [5, 5.41) is 0. The molecule has 0 unspecified atom stereocenters. The van der Waals surface area contributed by atoms with Crippen molar-refractivity contribution in [2.75, 3.05) is 13.1 Å². The zero-order valence-corrected chi connectivity index (χ0v) is 16.3. The topological polar surface area (TPSA) is 37.4 Å². The van der Waals surface area contributed by atoms with Crippen LogP contribution in [0.4, 0.5) is 0 Å². The van der Waals surface area contributed by atoms with Crippen LogP contribution < -0.4 is 0 Å². The maximum Gasteiger partial charge on any atom is 0.244 e. The van der Waals surface area contributed by atoms with E-state index in [4.69, 9.17) is 6.42 Å². The Hall–Kier alpha value is -1.66. The van der Waals surface area contributed by atoms with Gasteiger partial charge in [-0.15, -0.1) is 0 Å². The van der Waals surface area contributed by atoms with Gasteiger partial charge >= 0.3 is 0 Å². The van der Waals surface area contributed by atoms with E-state index in [2.05, 4.69) is 5.92 Å². The summed E-state index contributed by atoms with van der Waals surface area (Å²) in [5.74, 6) is 2.17. The number of sulfonamides is 1. The third kappa shape index (κ3) is 5.46. The summed E-state index contributed by atoms with van der Waals surface area (Å²) in [6.07, 6.45) is 10.8. The van der Waals surface area contributed by atoms with E-state index < -0.39 is 10.0 Å².